The fourth-order valence-electron chi connectivity index (χ4n) is 5.77. The number of hydrogen-bond acceptors (Lipinski definition) is 3. The van der Waals surface area contributed by atoms with Crippen LogP contribution < -0.4 is 5.56 Å². The molecule has 0 spiro atoms. The van der Waals surface area contributed by atoms with E-state index in [1.807, 2.05) is 38.1 Å². The number of nitrogens with zero attached hydrogens (tertiary/aromatic N) is 3. The Balaban J connectivity index is 1.51. The standard InChI is InChI=1S/C30H30F3N3O/c1-18-5-3-7-25(31)28(18)21-12-10-20(11-13-21)24-15-23-9-8-19(2)35-29(23)36(30(24)37)17-26-22(16-27(32)33)6-4-14-34-26/h3-9,14-15,20-21,27H,10-13,16-17H2,1-2H3. The predicted octanol–water partition coefficient (Wildman–Crippen LogP) is 6.84. The molecule has 192 valence electrons. The van der Waals surface area contributed by atoms with Gasteiger partial charge >= 0.3 is 0 Å². The maximum atomic E-state index is 14.6. The first-order chi connectivity index (χ1) is 17.8. The van der Waals surface area contributed by atoms with Gasteiger partial charge in [0.15, 0.2) is 0 Å². The molecular formula is C30H30F3N3O. The van der Waals surface area contributed by atoms with Gasteiger partial charge in [0.2, 0.25) is 6.43 Å². The third-order valence-electron chi connectivity index (χ3n) is 7.62. The van der Waals surface area contributed by atoms with E-state index in [1.165, 1.54) is 6.07 Å². The summed E-state index contributed by atoms with van der Waals surface area (Å²) >= 11 is 0. The number of alkyl halides is 2. The van der Waals surface area contributed by atoms with Crippen LogP contribution in [0.5, 0.6) is 0 Å². The molecule has 1 saturated carbocycles. The lowest BCUT2D eigenvalue weighted by Gasteiger charge is -2.30. The zero-order chi connectivity index (χ0) is 26.1. The molecule has 1 fully saturated rings. The van der Waals surface area contributed by atoms with E-state index in [4.69, 9.17) is 0 Å². The minimum Gasteiger partial charge on any atom is -0.286 e. The van der Waals surface area contributed by atoms with E-state index in [2.05, 4.69) is 9.97 Å². The van der Waals surface area contributed by atoms with Gasteiger partial charge in [0, 0.05) is 29.3 Å². The summed E-state index contributed by atoms with van der Waals surface area (Å²) < 4.78 is 42.6. The van der Waals surface area contributed by atoms with Gasteiger partial charge in [-0.25, -0.2) is 18.2 Å². The molecular weight excluding hydrogens is 475 g/mol. The lowest BCUT2D eigenvalue weighted by molar-refractivity contribution is 0.148. The Morgan fingerprint density at radius 3 is 2.49 bits per heavy atom. The van der Waals surface area contributed by atoms with Gasteiger partial charge in [-0.1, -0.05) is 18.2 Å². The molecule has 0 atom stereocenters. The maximum Gasteiger partial charge on any atom is 0.256 e. The number of aromatic nitrogens is 3. The average Bonchev–Trinajstić information content (AvgIpc) is 2.87. The second-order valence-corrected chi connectivity index (χ2v) is 10.1. The smallest absolute Gasteiger partial charge is 0.256 e. The SMILES string of the molecule is Cc1ccc2cc(C3CCC(c4c(C)cccc4F)CC3)c(=O)n(Cc3ncccc3CC(F)F)c2n1. The number of aryl methyl sites for hydroxylation is 2. The van der Waals surface area contributed by atoms with Crippen molar-refractivity contribution >= 4 is 11.0 Å². The molecule has 1 aliphatic carbocycles. The first kappa shape index (κ1) is 25.2. The molecule has 4 aromatic rings. The minimum atomic E-state index is -2.50. The molecule has 0 amide bonds. The second-order valence-electron chi connectivity index (χ2n) is 10.1. The minimum absolute atomic E-state index is 0.0389. The fourth-order valence-corrected chi connectivity index (χ4v) is 5.77. The predicted molar refractivity (Wildman–Crippen MR) is 139 cm³/mol. The van der Waals surface area contributed by atoms with Gasteiger partial charge in [-0.15, -0.1) is 0 Å². The van der Waals surface area contributed by atoms with Crippen LogP contribution in [0.15, 0.2) is 59.5 Å². The van der Waals surface area contributed by atoms with Gasteiger partial charge in [-0.2, -0.15) is 0 Å². The lowest BCUT2D eigenvalue weighted by Crippen LogP contribution is -2.29. The Kier molecular flexibility index (Phi) is 7.13. The Hall–Kier alpha value is -3.48. The van der Waals surface area contributed by atoms with Crippen molar-refractivity contribution in [3.05, 3.63) is 105 Å². The van der Waals surface area contributed by atoms with Crippen LogP contribution in [0.4, 0.5) is 13.2 Å². The Labute approximate surface area is 214 Å². The molecule has 0 radical (unpaired) electrons. The number of benzene rings is 1. The van der Waals surface area contributed by atoms with Crippen LogP contribution in [0.2, 0.25) is 0 Å². The van der Waals surface area contributed by atoms with Crippen LogP contribution in [0.25, 0.3) is 11.0 Å². The van der Waals surface area contributed by atoms with Crippen molar-refractivity contribution in [1.82, 2.24) is 14.5 Å². The first-order valence-electron chi connectivity index (χ1n) is 12.8. The van der Waals surface area contributed by atoms with E-state index >= 15 is 0 Å². The molecule has 3 aromatic heterocycles. The van der Waals surface area contributed by atoms with Gasteiger partial charge in [0.25, 0.3) is 5.56 Å². The van der Waals surface area contributed by atoms with Crippen LogP contribution in [-0.4, -0.2) is 21.0 Å². The molecule has 1 aliphatic rings. The Morgan fingerprint density at radius 2 is 1.76 bits per heavy atom. The third kappa shape index (κ3) is 5.17. The molecule has 4 nitrogen and oxygen atoms in total. The van der Waals surface area contributed by atoms with Crippen molar-refractivity contribution in [2.45, 2.75) is 70.8 Å². The fraction of sp³-hybridized carbons (Fsp3) is 0.367. The Morgan fingerprint density at radius 1 is 1.00 bits per heavy atom. The topological polar surface area (TPSA) is 47.8 Å². The van der Waals surface area contributed by atoms with Crippen LogP contribution in [0, 0.1) is 19.7 Å². The molecule has 1 aromatic carbocycles. The number of fused-ring (bicyclic) bond motifs is 1. The van der Waals surface area contributed by atoms with Crippen molar-refractivity contribution in [3.8, 4) is 0 Å². The maximum absolute atomic E-state index is 14.6. The van der Waals surface area contributed by atoms with Crippen LogP contribution in [0.3, 0.4) is 0 Å². The van der Waals surface area contributed by atoms with E-state index in [1.54, 1.807) is 29.0 Å². The van der Waals surface area contributed by atoms with Crippen molar-refractivity contribution in [1.29, 1.82) is 0 Å². The zero-order valence-corrected chi connectivity index (χ0v) is 21.1. The Bertz CT molecular complexity index is 1470. The van der Waals surface area contributed by atoms with Crippen molar-refractivity contribution < 1.29 is 13.2 Å². The van der Waals surface area contributed by atoms with Crippen LogP contribution >= 0.6 is 0 Å². The molecule has 5 rings (SSSR count). The first-order valence-corrected chi connectivity index (χ1v) is 12.8. The van der Waals surface area contributed by atoms with E-state index in [-0.39, 0.29) is 29.8 Å². The molecule has 0 saturated heterocycles. The van der Waals surface area contributed by atoms with E-state index in [0.29, 0.717) is 22.5 Å². The summed E-state index contributed by atoms with van der Waals surface area (Å²) in [6.45, 7) is 3.88. The largest absolute Gasteiger partial charge is 0.286 e. The van der Waals surface area contributed by atoms with Crippen molar-refractivity contribution in [3.63, 3.8) is 0 Å². The summed E-state index contributed by atoms with van der Waals surface area (Å²) in [6, 6.07) is 14.3. The molecule has 37 heavy (non-hydrogen) atoms. The highest BCUT2D eigenvalue weighted by Gasteiger charge is 2.28. The molecule has 0 unspecified atom stereocenters. The number of pyridine rings is 3. The zero-order valence-electron chi connectivity index (χ0n) is 21.1. The van der Waals surface area contributed by atoms with Gasteiger partial charge < -0.3 is 0 Å². The van der Waals surface area contributed by atoms with E-state index < -0.39 is 12.8 Å². The summed E-state index contributed by atoms with van der Waals surface area (Å²) in [4.78, 5) is 22.8. The van der Waals surface area contributed by atoms with Crippen molar-refractivity contribution in [2.24, 2.45) is 0 Å². The highest BCUT2D eigenvalue weighted by Crippen LogP contribution is 2.41. The van der Waals surface area contributed by atoms with Crippen LogP contribution in [0.1, 0.15) is 71.2 Å². The van der Waals surface area contributed by atoms with Gasteiger partial charge in [0.05, 0.1) is 12.2 Å². The summed E-state index contributed by atoms with van der Waals surface area (Å²) in [5, 5.41) is 0.832. The third-order valence-corrected chi connectivity index (χ3v) is 7.62. The number of hydrogen-bond donors (Lipinski definition) is 0. The second kappa shape index (κ2) is 10.5. The molecule has 0 N–H and O–H groups in total. The van der Waals surface area contributed by atoms with Crippen molar-refractivity contribution in [2.75, 3.05) is 0 Å². The molecule has 7 heteroatoms. The van der Waals surface area contributed by atoms with Gasteiger partial charge in [0.1, 0.15) is 11.5 Å². The summed E-state index contributed by atoms with van der Waals surface area (Å²) in [7, 11) is 0. The van der Waals surface area contributed by atoms with Gasteiger partial charge in [-0.3, -0.25) is 14.3 Å². The summed E-state index contributed by atoms with van der Waals surface area (Å²) in [5.41, 5.74) is 4.46. The highest BCUT2D eigenvalue weighted by atomic mass is 19.3. The highest BCUT2D eigenvalue weighted by molar-refractivity contribution is 5.76. The van der Waals surface area contributed by atoms with E-state index in [9.17, 15) is 18.0 Å². The summed E-state index contributed by atoms with van der Waals surface area (Å²) in [6.07, 6.45) is 1.80. The summed E-state index contributed by atoms with van der Waals surface area (Å²) in [5.74, 6) is 0.0137. The number of halogens is 3. The number of rotatable bonds is 6. The van der Waals surface area contributed by atoms with Gasteiger partial charge in [-0.05, 0) is 98.4 Å². The molecule has 0 bridgehead atoms. The van der Waals surface area contributed by atoms with E-state index in [0.717, 1.165) is 47.9 Å². The van der Waals surface area contributed by atoms with Crippen LogP contribution in [-0.2, 0) is 13.0 Å². The monoisotopic (exact) mass is 505 g/mol. The lowest BCUT2D eigenvalue weighted by atomic mass is 9.75. The normalized spacial score (nSPS) is 18.0. The molecule has 3 heterocycles. The molecule has 0 aliphatic heterocycles. The average molecular weight is 506 g/mol. The quantitative estimate of drug-likeness (QED) is 0.288.